The number of rotatable bonds is 7. The maximum atomic E-state index is 14.1. The molecule has 0 radical (unpaired) electrons. The number of methoxy groups -OCH3 is 1. The third-order valence-corrected chi connectivity index (χ3v) is 9.47. The first-order chi connectivity index (χ1) is 20.8. The molecule has 1 unspecified atom stereocenters. The van der Waals surface area contributed by atoms with Gasteiger partial charge in [-0.05, 0) is 63.5 Å². The lowest BCUT2D eigenvalue weighted by Crippen LogP contribution is -2.29. The monoisotopic (exact) mass is 685 g/mol. The molecule has 0 bridgehead atoms. The number of nitrogens with zero attached hydrogens (tertiary/aromatic N) is 3. The van der Waals surface area contributed by atoms with Crippen molar-refractivity contribution in [2.75, 3.05) is 25.2 Å². The van der Waals surface area contributed by atoms with Crippen molar-refractivity contribution in [2.24, 2.45) is 0 Å². The standard InChI is InChI=1S/C29H21BrFN3O7S2/c1-39-21-12-16(10-17(30)25(21)36)23-22(24(35)14-6-7-19-20(11-14)41-9-8-40-19)26(37)27(38)34(23)28-32-33-29(43-28)42-13-15-4-2-3-5-18(15)31/h2-7,10-12,23,35-36H,8-9,13H2,1H3/b24-22+. The number of anilines is 1. The molecule has 2 N–H and O–H groups in total. The Bertz CT molecular complexity index is 1800. The SMILES string of the molecule is COc1cc(C2/C(=C(\O)c3ccc4c(c3)OCCO4)C(=O)C(=O)N2c2nnc(SCc3ccccc3F)s2)cc(Br)c1O. The van der Waals surface area contributed by atoms with Crippen LogP contribution in [0.5, 0.6) is 23.0 Å². The zero-order valence-electron chi connectivity index (χ0n) is 22.2. The van der Waals surface area contributed by atoms with Crippen molar-refractivity contribution in [3.05, 3.63) is 87.2 Å². The van der Waals surface area contributed by atoms with Gasteiger partial charge in [-0.1, -0.05) is 41.3 Å². The number of aliphatic hydroxyl groups is 1. The number of phenols is 1. The average molecular weight is 687 g/mol. The fourth-order valence-electron chi connectivity index (χ4n) is 4.71. The molecule has 43 heavy (non-hydrogen) atoms. The van der Waals surface area contributed by atoms with Crippen molar-refractivity contribution in [3.63, 3.8) is 0 Å². The van der Waals surface area contributed by atoms with Crippen LogP contribution in [0.15, 0.2) is 69.0 Å². The minimum absolute atomic E-state index is 0.0766. The number of carbonyl (C=O) groups is 2. The molecule has 1 amide bonds. The first-order valence-corrected chi connectivity index (χ1v) is 15.3. The molecule has 4 aromatic rings. The number of Topliss-reactive ketones (excluding diaryl/α,β-unsaturated/α-hetero) is 1. The Morgan fingerprint density at radius 2 is 1.91 bits per heavy atom. The van der Waals surface area contributed by atoms with Crippen LogP contribution in [-0.4, -0.2) is 52.4 Å². The smallest absolute Gasteiger partial charge is 0.301 e. The average Bonchev–Trinajstić information content (AvgIpc) is 3.59. The van der Waals surface area contributed by atoms with Crippen LogP contribution < -0.4 is 19.1 Å². The van der Waals surface area contributed by atoms with E-state index in [1.807, 2.05) is 0 Å². The molecule has 0 aliphatic carbocycles. The number of hydrogen-bond acceptors (Lipinski definition) is 11. The molecule has 3 aromatic carbocycles. The Hall–Kier alpha value is -4.14. The number of phenolic OH excluding ortho intramolecular Hbond substituents is 1. The molecular formula is C29H21BrFN3O7S2. The van der Waals surface area contributed by atoms with E-state index in [-0.39, 0.29) is 43.8 Å². The number of benzene rings is 3. The van der Waals surface area contributed by atoms with Crippen LogP contribution >= 0.6 is 39.0 Å². The predicted octanol–water partition coefficient (Wildman–Crippen LogP) is 5.84. The number of amides is 1. The highest BCUT2D eigenvalue weighted by Crippen LogP contribution is 2.47. The van der Waals surface area contributed by atoms with E-state index >= 15 is 0 Å². The molecule has 2 aliphatic rings. The van der Waals surface area contributed by atoms with Crippen LogP contribution in [0.4, 0.5) is 9.52 Å². The van der Waals surface area contributed by atoms with Gasteiger partial charge in [0, 0.05) is 11.3 Å². The summed E-state index contributed by atoms with van der Waals surface area (Å²) in [7, 11) is 1.36. The quantitative estimate of drug-likeness (QED) is 0.0804. The molecule has 14 heteroatoms. The van der Waals surface area contributed by atoms with Crippen LogP contribution in [0.3, 0.4) is 0 Å². The molecule has 10 nitrogen and oxygen atoms in total. The van der Waals surface area contributed by atoms with Crippen LogP contribution in [0.25, 0.3) is 5.76 Å². The highest BCUT2D eigenvalue weighted by Gasteiger charge is 2.49. The second-order valence-corrected chi connectivity index (χ2v) is 12.3. The lowest BCUT2D eigenvalue weighted by Gasteiger charge is -2.24. The number of ketones is 1. The van der Waals surface area contributed by atoms with Gasteiger partial charge in [0.2, 0.25) is 5.13 Å². The zero-order chi connectivity index (χ0) is 30.2. The maximum absolute atomic E-state index is 14.1. The number of hydrogen-bond donors (Lipinski definition) is 2. The topological polar surface area (TPSA) is 131 Å². The number of halogens is 2. The van der Waals surface area contributed by atoms with Gasteiger partial charge >= 0.3 is 5.91 Å². The van der Waals surface area contributed by atoms with Crippen LogP contribution in [-0.2, 0) is 15.3 Å². The van der Waals surface area contributed by atoms with Gasteiger partial charge in [-0.15, -0.1) is 10.2 Å². The lowest BCUT2D eigenvalue weighted by atomic mass is 9.95. The van der Waals surface area contributed by atoms with Gasteiger partial charge in [-0.3, -0.25) is 14.5 Å². The molecule has 220 valence electrons. The van der Waals surface area contributed by atoms with Gasteiger partial charge in [-0.2, -0.15) is 0 Å². The first-order valence-electron chi connectivity index (χ1n) is 12.7. The Morgan fingerprint density at radius 1 is 1.14 bits per heavy atom. The number of fused-ring (bicyclic) bond motifs is 1. The fraction of sp³-hybridized carbons (Fsp3) is 0.172. The van der Waals surface area contributed by atoms with E-state index < -0.39 is 23.5 Å². The van der Waals surface area contributed by atoms with E-state index in [1.54, 1.807) is 30.3 Å². The molecule has 3 heterocycles. The minimum atomic E-state index is -1.17. The summed E-state index contributed by atoms with van der Waals surface area (Å²) in [6, 6.07) is 12.9. The molecule has 0 saturated carbocycles. The third kappa shape index (κ3) is 5.41. The Labute approximate surface area is 260 Å². The molecule has 1 saturated heterocycles. The van der Waals surface area contributed by atoms with Crippen molar-refractivity contribution in [1.29, 1.82) is 0 Å². The molecule has 1 aromatic heterocycles. The number of aliphatic hydroxyl groups excluding tert-OH is 1. The second kappa shape index (κ2) is 11.9. The number of carbonyl (C=O) groups excluding carboxylic acids is 2. The molecule has 0 spiro atoms. The number of thioether (sulfide) groups is 1. The fourth-order valence-corrected chi connectivity index (χ4v) is 7.03. The van der Waals surface area contributed by atoms with Gasteiger partial charge in [-0.25, -0.2) is 4.39 Å². The molecule has 2 aliphatic heterocycles. The van der Waals surface area contributed by atoms with E-state index in [2.05, 4.69) is 26.1 Å². The van der Waals surface area contributed by atoms with Crippen LogP contribution in [0.2, 0.25) is 0 Å². The van der Waals surface area contributed by atoms with Crippen molar-refractivity contribution in [2.45, 2.75) is 16.1 Å². The number of aromatic nitrogens is 2. The molecule has 6 rings (SSSR count). The molecular weight excluding hydrogens is 665 g/mol. The number of ether oxygens (including phenoxy) is 3. The predicted molar refractivity (Wildman–Crippen MR) is 160 cm³/mol. The van der Waals surface area contributed by atoms with E-state index in [0.717, 1.165) is 16.2 Å². The second-order valence-electron chi connectivity index (χ2n) is 9.31. The van der Waals surface area contributed by atoms with Gasteiger partial charge in [0.05, 0.1) is 23.2 Å². The zero-order valence-corrected chi connectivity index (χ0v) is 25.5. The highest BCUT2D eigenvalue weighted by atomic mass is 79.9. The summed E-state index contributed by atoms with van der Waals surface area (Å²) in [5, 5.41) is 30.4. The van der Waals surface area contributed by atoms with Gasteiger partial charge in [0.1, 0.15) is 24.8 Å². The summed E-state index contributed by atoms with van der Waals surface area (Å²) >= 11 is 5.57. The van der Waals surface area contributed by atoms with Crippen molar-refractivity contribution in [3.8, 4) is 23.0 Å². The van der Waals surface area contributed by atoms with Gasteiger partial charge in [0.25, 0.3) is 5.78 Å². The van der Waals surface area contributed by atoms with E-state index in [9.17, 15) is 24.2 Å². The van der Waals surface area contributed by atoms with Gasteiger partial charge < -0.3 is 24.4 Å². The van der Waals surface area contributed by atoms with E-state index in [4.69, 9.17) is 14.2 Å². The Balaban J connectivity index is 1.44. The normalized spacial score (nSPS) is 17.4. The Morgan fingerprint density at radius 3 is 2.67 bits per heavy atom. The summed E-state index contributed by atoms with van der Waals surface area (Å²) in [5.74, 6) is -1.63. The van der Waals surface area contributed by atoms with Crippen molar-refractivity contribution < 1.29 is 38.4 Å². The summed E-state index contributed by atoms with van der Waals surface area (Å²) in [5.41, 5.74) is 0.841. The van der Waals surface area contributed by atoms with Crippen LogP contribution in [0, 0.1) is 5.82 Å². The maximum Gasteiger partial charge on any atom is 0.301 e. The Kier molecular flexibility index (Phi) is 7.99. The number of aromatic hydroxyl groups is 1. The van der Waals surface area contributed by atoms with Crippen LogP contribution in [0.1, 0.15) is 22.7 Å². The van der Waals surface area contributed by atoms with Crippen molar-refractivity contribution in [1.82, 2.24) is 10.2 Å². The van der Waals surface area contributed by atoms with E-state index in [1.165, 1.54) is 43.1 Å². The lowest BCUT2D eigenvalue weighted by molar-refractivity contribution is -0.132. The highest BCUT2D eigenvalue weighted by molar-refractivity contribution is 9.10. The first kappa shape index (κ1) is 29.0. The summed E-state index contributed by atoms with van der Waals surface area (Å²) < 4.78 is 31.3. The summed E-state index contributed by atoms with van der Waals surface area (Å²) in [6.45, 7) is 0.695. The molecule has 1 fully saturated rings. The molecule has 1 atom stereocenters. The van der Waals surface area contributed by atoms with Crippen molar-refractivity contribution >= 4 is 61.6 Å². The van der Waals surface area contributed by atoms with E-state index in [0.29, 0.717) is 40.2 Å². The minimum Gasteiger partial charge on any atom is -0.507 e. The summed E-state index contributed by atoms with van der Waals surface area (Å²) in [4.78, 5) is 28.3. The van der Waals surface area contributed by atoms with Gasteiger partial charge in [0.15, 0.2) is 27.3 Å². The largest absolute Gasteiger partial charge is 0.507 e. The summed E-state index contributed by atoms with van der Waals surface area (Å²) in [6.07, 6.45) is 0. The third-order valence-electron chi connectivity index (χ3n) is 6.76.